The van der Waals surface area contributed by atoms with Crippen LogP contribution in [0.1, 0.15) is 50.5 Å². The fourth-order valence-corrected chi connectivity index (χ4v) is 2.93. The van der Waals surface area contributed by atoms with Crippen LogP contribution in [-0.2, 0) is 9.53 Å². The number of esters is 1. The van der Waals surface area contributed by atoms with Crippen molar-refractivity contribution in [3.05, 3.63) is 47.6 Å². The molecule has 0 saturated heterocycles. The Morgan fingerprint density at radius 2 is 1.96 bits per heavy atom. The number of nitrogens with one attached hydrogen (secondary N) is 2. The summed E-state index contributed by atoms with van der Waals surface area (Å²) in [5, 5.41) is 6.38. The normalized spacial score (nSPS) is 15.8. The highest BCUT2D eigenvalue weighted by Gasteiger charge is 2.27. The smallest absolute Gasteiger partial charge is 0.330 e. The largest absolute Gasteiger partial charge is 0.466 e. The van der Waals surface area contributed by atoms with Crippen molar-refractivity contribution < 1.29 is 14.3 Å². The van der Waals surface area contributed by atoms with Gasteiger partial charge in [0.25, 0.3) is 5.91 Å². The lowest BCUT2D eigenvalue weighted by atomic mass is 9.89. The molecular weight excluding hydrogens is 316 g/mol. The molecule has 2 N–H and O–H groups in total. The molecule has 0 spiro atoms. The van der Waals surface area contributed by atoms with E-state index in [1.54, 1.807) is 12.1 Å². The van der Waals surface area contributed by atoms with Gasteiger partial charge in [-0.15, -0.1) is 0 Å². The van der Waals surface area contributed by atoms with Crippen molar-refractivity contribution in [3.8, 4) is 0 Å². The number of ether oxygens (including phenoxy) is 1. The van der Waals surface area contributed by atoms with Crippen LogP contribution in [0.3, 0.4) is 0 Å². The minimum atomic E-state index is -0.691. The van der Waals surface area contributed by atoms with Crippen LogP contribution in [0.25, 0.3) is 5.57 Å². The van der Waals surface area contributed by atoms with Gasteiger partial charge in [-0.25, -0.2) is 4.79 Å². The third-order valence-corrected chi connectivity index (χ3v) is 4.03. The Hall–Kier alpha value is -2.56. The van der Waals surface area contributed by atoms with Gasteiger partial charge in [0.15, 0.2) is 0 Å². The first-order chi connectivity index (χ1) is 11.5. The summed E-state index contributed by atoms with van der Waals surface area (Å²) in [6, 6.07) is 5.68. The Morgan fingerprint density at radius 3 is 2.60 bits per heavy atom. The molecule has 1 aromatic carbocycles. The van der Waals surface area contributed by atoms with E-state index in [-0.39, 0.29) is 11.4 Å². The summed E-state index contributed by atoms with van der Waals surface area (Å²) in [5.41, 5.74) is 2.65. The average molecular weight is 342 g/mol. The van der Waals surface area contributed by atoms with Crippen LogP contribution in [0, 0.1) is 0 Å². The minimum Gasteiger partial charge on any atom is -0.466 e. The molecule has 0 saturated carbocycles. The summed E-state index contributed by atoms with van der Waals surface area (Å²) in [6.07, 6.45) is 5.09. The number of rotatable bonds is 4. The Morgan fingerprint density at radius 1 is 1.28 bits per heavy atom. The molecule has 5 nitrogen and oxygen atoms in total. The second-order valence-corrected chi connectivity index (χ2v) is 7.43. The molecule has 1 aromatic rings. The lowest BCUT2D eigenvalue weighted by molar-refractivity contribution is -0.134. The van der Waals surface area contributed by atoms with Gasteiger partial charge in [-0.2, -0.15) is 0 Å². The maximum absolute atomic E-state index is 12.8. The van der Waals surface area contributed by atoms with E-state index in [4.69, 9.17) is 0 Å². The molecule has 0 atom stereocenters. The summed E-state index contributed by atoms with van der Waals surface area (Å²) in [6.45, 7) is 9.82. The first kappa shape index (κ1) is 18.8. The molecule has 0 aliphatic carbocycles. The molecule has 0 radical (unpaired) electrons. The standard InChI is InChI=1S/C20H26N2O3/c1-13-12-20(4,5)21-17-14(13)8-7-9-15(17)18(24)22-19(2,3)11-10-16(23)25-6/h7-12,21H,1-6H3,(H,22,24)/b11-10+. The highest BCUT2D eigenvalue weighted by molar-refractivity contribution is 6.03. The number of anilines is 1. The fourth-order valence-electron chi connectivity index (χ4n) is 2.93. The zero-order valence-corrected chi connectivity index (χ0v) is 15.7. The van der Waals surface area contributed by atoms with E-state index in [1.165, 1.54) is 13.2 Å². The van der Waals surface area contributed by atoms with E-state index in [1.807, 2.05) is 32.9 Å². The topological polar surface area (TPSA) is 67.4 Å². The van der Waals surface area contributed by atoms with E-state index in [2.05, 4.69) is 35.3 Å². The van der Waals surface area contributed by atoms with Crippen LogP contribution in [0.5, 0.6) is 0 Å². The molecule has 5 heteroatoms. The quantitative estimate of drug-likeness (QED) is 0.649. The highest BCUT2D eigenvalue weighted by atomic mass is 16.5. The van der Waals surface area contributed by atoms with Crippen molar-refractivity contribution in [1.82, 2.24) is 5.32 Å². The van der Waals surface area contributed by atoms with Crippen molar-refractivity contribution in [1.29, 1.82) is 0 Å². The van der Waals surface area contributed by atoms with Crippen molar-refractivity contribution in [2.75, 3.05) is 12.4 Å². The molecule has 1 amide bonds. The maximum Gasteiger partial charge on any atom is 0.330 e. The molecular formula is C20H26N2O3. The molecule has 1 aliphatic rings. The van der Waals surface area contributed by atoms with Crippen molar-refractivity contribution in [2.24, 2.45) is 0 Å². The minimum absolute atomic E-state index is 0.200. The maximum atomic E-state index is 12.8. The lowest BCUT2D eigenvalue weighted by Gasteiger charge is -2.33. The number of benzene rings is 1. The van der Waals surface area contributed by atoms with Gasteiger partial charge < -0.3 is 15.4 Å². The van der Waals surface area contributed by atoms with Crippen LogP contribution < -0.4 is 10.6 Å². The summed E-state index contributed by atoms with van der Waals surface area (Å²) in [4.78, 5) is 24.1. The van der Waals surface area contributed by atoms with Gasteiger partial charge in [-0.3, -0.25) is 4.79 Å². The summed E-state index contributed by atoms with van der Waals surface area (Å²) in [7, 11) is 1.32. The van der Waals surface area contributed by atoms with E-state index < -0.39 is 11.5 Å². The monoisotopic (exact) mass is 342 g/mol. The lowest BCUT2D eigenvalue weighted by Crippen LogP contribution is -2.42. The van der Waals surface area contributed by atoms with Gasteiger partial charge in [0.05, 0.1) is 29.4 Å². The number of methoxy groups -OCH3 is 1. The second kappa shape index (κ2) is 6.75. The summed E-state index contributed by atoms with van der Waals surface area (Å²) in [5.74, 6) is -0.655. The molecule has 0 aromatic heterocycles. The van der Waals surface area contributed by atoms with Crippen molar-refractivity contribution in [2.45, 2.75) is 45.7 Å². The molecule has 1 heterocycles. The fraction of sp³-hybridized carbons (Fsp3) is 0.400. The van der Waals surface area contributed by atoms with Gasteiger partial charge in [-0.05, 0) is 46.3 Å². The number of hydrogen-bond acceptors (Lipinski definition) is 4. The molecule has 0 unspecified atom stereocenters. The number of para-hydroxylation sites is 1. The van der Waals surface area contributed by atoms with Crippen molar-refractivity contribution >= 4 is 23.1 Å². The third-order valence-electron chi connectivity index (χ3n) is 4.03. The predicted molar refractivity (Wildman–Crippen MR) is 100 cm³/mol. The Kier molecular flexibility index (Phi) is 5.07. The molecule has 2 rings (SSSR count). The van der Waals surface area contributed by atoms with Crippen LogP contribution in [-0.4, -0.2) is 30.1 Å². The molecule has 25 heavy (non-hydrogen) atoms. The van der Waals surface area contributed by atoms with E-state index in [0.717, 1.165) is 16.8 Å². The number of carbonyl (C=O) groups is 2. The van der Waals surface area contributed by atoms with E-state index in [0.29, 0.717) is 5.56 Å². The highest BCUT2D eigenvalue weighted by Crippen LogP contribution is 2.36. The van der Waals surface area contributed by atoms with E-state index >= 15 is 0 Å². The van der Waals surface area contributed by atoms with Crippen molar-refractivity contribution in [3.63, 3.8) is 0 Å². The Labute approximate surface area is 149 Å². The zero-order valence-electron chi connectivity index (χ0n) is 15.7. The average Bonchev–Trinajstić information content (AvgIpc) is 2.50. The van der Waals surface area contributed by atoms with Gasteiger partial charge in [0.2, 0.25) is 0 Å². The molecule has 1 aliphatic heterocycles. The molecule has 134 valence electrons. The SMILES string of the molecule is COC(=O)/C=C/C(C)(C)NC(=O)c1cccc2c1NC(C)(C)C=C2C. The number of carbonyl (C=O) groups excluding carboxylic acids is 2. The van der Waals surface area contributed by atoms with Gasteiger partial charge in [0.1, 0.15) is 0 Å². The van der Waals surface area contributed by atoms with Crippen LogP contribution in [0.15, 0.2) is 36.4 Å². The third kappa shape index (κ3) is 4.50. The number of allylic oxidation sites excluding steroid dienone is 1. The van der Waals surface area contributed by atoms with Gasteiger partial charge in [0, 0.05) is 11.6 Å². The second-order valence-electron chi connectivity index (χ2n) is 7.43. The van der Waals surface area contributed by atoms with Crippen LogP contribution >= 0.6 is 0 Å². The Balaban J connectivity index is 2.30. The zero-order chi connectivity index (χ0) is 18.8. The number of hydrogen-bond donors (Lipinski definition) is 2. The molecule has 0 fully saturated rings. The molecule has 0 bridgehead atoms. The predicted octanol–water partition coefficient (Wildman–Crippen LogP) is 3.53. The van der Waals surface area contributed by atoms with Gasteiger partial charge in [-0.1, -0.05) is 24.3 Å². The first-order valence-corrected chi connectivity index (χ1v) is 8.25. The summed E-state index contributed by atoms with van der Waals surface area (Å²) < 4.78 is 4.59. The van der Waals surface area contributed by atoms with Gasteiger partial charge >= 0.3 is 5.97 Å². The van der Waals surface area contributed by atoms with E-state index in [9.17, 15) is 9.59 Å². The van der Waals surface area contributed by atoms with Crippen LogP contribution in [0.4, 0.5) is 5.69 Å². The summed E-state index contributed by atoms with van der Waals surface area (Å²) >= 11 is 0. The van der Waals surface area contributed by atoms with Crippen LogP contribution in [0.2, 0.25) is 0 Å². The number of fused-ring (bicyclic) bond motifs is 1. The first-order valence-electron chi connectivity index (χ1n) is 8.25. The Bertz CT molecular complexity index is 758. The number of amides is 1.